The molecule has 0 saturated carbocycles. The van der Waals surface area contributed by atoms with E-state index in [0.717, 1.165) is 6.21 Å². The maximum atomic E-state index is 9.21. The van der Waals surface area contributed by atoms with Crippen LogP contribution in [0.1, 0.15) is 0 Å². The highest BCUT2D eigenvalue weighted by Gasteiger charge is 1.59. The van der Waals surface area contributed by atoms with E-state index in [-0.39, 0.29) is 0 Å². The first-order valence-electron chi connectivity index (χ1n) is 1.34. The molecule has 0 spiro atoms. The Labute approximate surface area is 35.6 Å². The van der Waals surface area contributed by atoms with E-state index in [0.29, 0.717) is 0 Å². The van der Waals surface area contributed by atoms with E-state index in [1.165, 1.54) is 13.4 Å². The fourth-order valence-electron chi connectivity index (χ4n) is 0.0742. The lowest BCUT2D eigenvalue weighted by atomic mass is 10.9. The molecule has 0 fully saturated rings. The minimum atomic E-state index is 0.903. The second-order valence-corrected chi connectivity index (χ2v) is 0.535. The summed E-state index contributed by atoms with van der Waals surface area (Å²) in [4.78, 5) is 13.3. The molecule has 0 amide bonds. The van der Waals surface area contributed by atoms with Gasteiger partial charge in [-0.2, -0.15) is 0 Å². The molecule has 0 aromatic carbocycles. The first-order chi connectivity index (χ1) is 2.91. The summed E-state index contributed by atoms with van der Waals surface area (Å²) in [5.41, 5.74) is 0. The van der Waals surface area contributed by atoms with Crippen molar-refractivity contribution in [2.24, 2.45) is 5.16 Å². The van der Waals surface area contributed by atoms with E-state index in [1.807, 2.05) is 0 Å². The molecule has 0 aliphatic rings. The van der Waals surface area contributed by atoms with Gasteiger partial charge in [0, 0.05) is 0 Å². The SMILES string of the molecule is CON=C[C]=O. The maximum absolute atomic E-state index is 9.21. The van der Waals surface area contributed by atoms with Gasteiger partial charge < -0.3 is 4.84 Å². The zero-order valence-corrected chi connectivity index (χ0v) is 3.34. The summed E-state index contributed by atoms with van der Waals surface area (Å²) in [5.74, 6) is 0. The second kappa shape index (κ2) is 4.14. The van der Waals surface area contributed by atoms with Crippen LogP contribution in [-0.4, -0.2) is 19.6 Å². The average Bonchev–Trinajstić information content (AvgIpc) is 1.61. The Morgan fingerprint density at radius 1 is 2.00 bits per heavy atom. The van der Waals surface area contributed by atoms with Crippen molar-refractivity contribution in [2.45, 2.75) is 0 Å². The van der Waals surface area contributed by atoms with Gasteiger partial charge in [0.15, 0.2) is 0 Å². The smallest absolute Gasteiger partial charge is 0.248 e. The molecule has 0 aliphatic heterocycles. The molecular formula is C3H4NO2. The van der Waals surface area contributed by atoms with Gasteiger partial charge in [-0.25, -0.2) is 0 Å². The summed E-state index contributed by atoms with van der Waals surface area (Å²) >= 11 is 0. The lowest BCUT2D eigenvalue weighted by molar-refractivity contribution is 0.216. The van der Waals surface area contributed by atoms with Gasteiger partial charge in [0.2, 0.25) is 6.29 Å². The fourth-order valence-corrected chi connectivity index (χ4v) is 0.0742. The van der Waals surface area contributed by atoms with E-state index in [1.54, 1.807) is 0 Å². The Morgan fingerprint density at radius 3 is 2.83 bits per heavy atom. The minimum Gasteiger partial charge on any atom is -0.399 e. The highest BCUT2D eigenvalue weighted by atomic mass is 16.6. The van der Waals surface area contributed by atoms with Crippen LogP contribution in [0.25, 0.3) is 0 Å². The highest BCUT2D eigenvalue weighted by Crippen LogP contribution is 1.56. The summed E-state index contributed by atoms with van der Waals surface area (Å²) < 4.78 is 0. The predicted octanol–water partition coefficient (Wildman–Crippen LogP) is -0.272. The van der Waals surface area contributed by atoms with Crippen LogP contribution in [0.5, 0.6) is 0 Å². The molecule has 0 bridgehead atoms. The summed E-state index contributed by atoms with van der Waals surface area (Å²) in [7, 11) is 1.36. The van der Waals surface area contributed by atoms with Crippen LogP contribution >= 0.6 is 0 Å². The van der Waals surface area contributed by atoms with Crippen LogP contribution in [0.2, 0.25) is 0 Å². The molecule has 0 rings (SSSR count). The van der Waals surface area contributed by atoms with Gasteiger partial charge in [0.05, 0.1) is 0 Å². The van der Waals surface area contributed by atoms with Gasteiger partial charge in [-0.15, -0.1) is 0 Å². The molecule has 3 heteroatoms. The Bertz CT molecular complexity index is 59.8. The third-order valence-corrected chi connectivity index (χ3v) is 0.211. The molecule has 3 nitrogen and oxygen atoms in total. The first-order valence-corrected chi connectivity index (χ1v) is 1.34. The van der Waals surface area contributed by atoms with E-state index < -0.39 is 0 Å². The average molecular weight is 86.1 g/mol. The summed E-state index contributed by atoms with van der Waals surface area (Å²) in [5, 5.41) is 3.04. The van der Waals surface area contributed by atoms with Crippen molar-refractivity contribution in [3.05, 3.63) is 0 Å². The van der Waals surface area contributed by atoms with Crippen LogP contribution in [0.4, 0.5) is 0 Å². The number of hydrogen-bond acceptors (Lipinski definition) is 3. The van der Waals surface area contributed by atoms with E-state index >= 15 is 0 Å². The van der Waals surface area contributed by atoms with Crippen LogP contribution in [0, 0.1) is 0 Å². The molecule has 0 aliphatic carbocycles. The number of nitrogens with zero attached hydrogens (tertiary/aromatic N) is 1. The van der Waals surface area contributed by atoms with Crippen LogP contribution in [-0.2, 0) is 9.63 Å². The first kappa shape index (κ1) is 5.14. The van der Waals surface area contributed by atoms with Crippen LogP contribution < -0.4 is 0 Å². The zero-order valence-electron chi connectivity index (χ0n) is 3.34. The molecular weight excluding hydrogens is 82.0 g/mol. The standard InChI is InChI=1S/C3H4NO2/c1-6-4-2-3-5/h2H,1H3. The van der Waals surface area contributed by atoms with E-state index in [2.05, 4.69) is 9.99 Å². The third kappa shape index (κ3) is 3.14. The molecule has 0 aromatic heterocycles. The number of carbonyl (C=O) groups excluding carboxylic acids is 1. The van der Waals surface area contributed by atoms with Gasteiger partial charge >= 0.3 is 0 Å². The summed E-state index contributed by atoms with van der Waals surface area (Å²) in [6.07, 6.45) is 2.30. The Hall–Kier alpha value is -0.860. The molecule has 0 N–H and O–H groups in total. The van der Waals surface area contributed by atoms with Crippen molar-refractivity contribution in [3.63, 3.8) is 0 Å². The van der Waals surface area contributed by atoms with Gasteiger partial charge in [-0.1, -0.05) is 5.16 Å². The molecule has 6 heavy (non-hydrogen) atoms. The minimum absolute atomic E-state index is 0.903. The van der Waals surface area contributed by atoms with Crippen molar-refractivity contribution in [1.82, 2.24) is 0 Å². The van der Waals surface area contributed by atoms with Gasteiger partial charge in [0.1, 0.15) is 13.3 Å². The van der Waals surface area contributed by atoms with Crippen molar-refractivity contribution in [1.29, 1.82) is 0 Å². The van der Waals surface area contributed by atoms with Crippen molar-refractivity contribution < 1.29 is 9.63 Å². The topological polar surface area (TPSA) is 38.7 Å². The molecule has 0 atom stereocenters. The predicted molar refractivity (Wildman–Crippen MR) is 21.2 cm³/mol. The van der Waals surface area contributed by atoms with Crippen molar-refractivity contribution >= 4 is 12.5 Å². The Morgan fingerprint density at radius 2 is 2.67 bits per heavy atom. The molecule has 0 saturated heterocycles. The van der Waals surface area contributed by atoms with Gasteiger partial charge in [-0.3, -0.25) is 4.79 Å². The number of hydrogen-bond donors (Lipinski definition) is 0. The lowest BCUT2D eigenvalue weighted by Gasteiger charge is -1.74. The lowest BCUT2D eigenvalue weighted by Crippen LogP contribution is -1.72. The molecule has 0 unspecified atom stereocenters. The normalized spacial score (nSPS) is 8.83. The highest BCUT2D eigenvalue weighted by molar-refractivity contribution is 6.13. The van der Waals surface area contributed by atoms with Gasteiger partial charge in [-0.05, 0) is 0 Å². The molecule has 0 aromatic rings. The summed E-state index contributed by atoms with van der Waals surface area (Å²) in [6, 6.07) is 0. The Balaban J connectivity index is 2.94. The largest absolute Gasteiger partial charge is 0.399 e. The number of oxime groups is 1. The quantitative estimate of drug-likeness (QED) is 0.342. The monoisotopic (exact) mass is 86.0 g/mol. The third-order valence-electron chi connectivity index (χ3n) is 0.211. The second-order valence-electron chi connectivity index (χ2n) is 0.535. The number of rotatable bonds is 2. The van der Waals surface area contributed by atoms with E-state index in [4.69, 9.17) is 0 Å². The van der Waals surface area contributed by atoms with Crippen molar-refractivity contribution in [3.8, 4) is 0 Å². The zero-order chi connectivity index (χ0) is 4.83. The fraction of sp³-hybridized carbons (Fsp3) is 0.333. The van der Waals surface area contributed by atoms with Crippen LogP contribution in [0.15, 0.2) is 5.16 Å². The Kier molecular flexibility index (Phi) is 3.55. The van der Waals surface area contributed by atoms with E-state index in [9.17, 15) is 4.79 Å². The molecule has 33 valence electrons. The molecule has 1 radical (unpaired) electrons. The van der Waals surface area contributed by atoms with Gasteiger partial charge in [0.25, 0.3) is 0 Å². The molecule has 0 heterocycles. The van der Waals surface area contributed by atoms with Crippen LogP contribution in [0.3, 0.4) is 0 Å². The summed E-state index contributed by atoms with van der Waals surface area (Å²) in [6.45, 7) is 0. The maximum Gasteiger partial charge on any atom is 0.248 e. The van der Waals surface area contributed by atoms with Crippen molar-refractivity contribution in [2.75, 3.05) is 7.11 Å².